The molecule has 2 rings (SSSR count). The molecule has 2 aromatic carbocycles. The number of benzene rings is 2. The van der Waals surface area contributed by atoms with Crippen LogP contribution in [0.25, 0.3) is 11.6 Å². The molecule has 4 heteroatoms. The average molecular weight is 349 g/mol. The van der Waals surface area contributed by atoms with Crippen molar-refractivity contribution in [2.75, 3.05) is 7.11 Å². The molecule has 0 saturated carbocycles. The van der Waals surface area contributed by atoms with Gasteiger partial charge in [0.1, 0.15) is 5.75 Å². The van der Waals surface area contributed by atoms with Gasteiger partial charge in [0.15, 0.2) is 0 Å². The van der Waals surface area contributed by atoms with Gasteiger partial charge in [-0.25, -0.2) is 0 Å². The van der Waals surface area contributed by atoms with Crippen molar-refractivity contribution in [1.29, 1.82) is 5.26 Å². The first-order chi connectivity index (χ1) is 9.63. The first-order valence-corrected chi connectivity index (χ1v) is 7.02. The largest absolute Gasteiger partial charge is 0.495 e. The van der Waals surface area contributed by atoms with Gasteiger partial charge in [-0.15, -0.1) is 0 Å². The zero-order valence-electron chi connectivity index (χ0n) is 10.7. The van der Waals surface area contributed by atoms with E-state index in [0.717, 1.165) is 15.6 Å². The van der Waals surface area contributed by atoms with Gasteiger partial charge in [0.2, 0.25) is 0 Å². The number of hydrogen-bond donors (Lipinski definition) is 0. The molecule has 0 amide bonds. The molecule has 0 aliphatic rings. The maximum Gasteiger partial charge on any atom is 0.137 e. The van der Waals surface area contributed by atoms with Crippen molar-refractivity contribution < 1.29 is 4.74 Å². The highest BCUT2D eigenvalue weighted by Crippen LogP contribution is 2.27. The summed E-state index contributed by atoms with van der Waals surface area (Å²) in [6, 6.07) is 15.2. The monoisotopic (exact) mass is 347 g/mol. The molecule has 2 nitrogen and oxygen atoms in total. The third-order valence-corrected chi connectivity index (χ3v) is 3.53. The van der Waals surface area contributed by atoms with E-state index in [1.807, 2.05) is 30.3 Å². The van der Waals surface area contributed by atoms with Crippen LogP contribution in [-0.2, 0) is 0 Å². The third kappa shape index (κ3) is 3.41. The van der Waals surface area contributed by atoms with Gasteiger partial charge in [-0.2, -0.15) is 5.26 Å². The fraction of sp³-hybridized carbons (Fsp3) is 0.0625. The van der Waals surface area contributed by atoms with Crippen molar-refractivity contribution in [1.82, 2.24) is 0 Å². The Morgan fingerprint density at radius 2 is 2.10 bits per heavy atom. The van der Waals surface area contributed by atoms with Crippen molar-refractivity contribution in [3.8, 4) is 11.8 Å². The lowest BCUT2D eigenvalue weighted by Crippen LogP contribution is -1.86. The maximum atomic E-state index is 9.31. The number of nitriles is 1. The highest BCUT2D eigenvalue weighted by molar-refractivity contribution is 9.10. The van der Waals surface area contributed by atoms with E-state index < -0.39 is 0 Å². The quantitative estimate of drug-likeness (QED) is 0.566. The Balaban J connectivity index is 2.42. The molecule has 0 unspecified atom stereocenters. The van der Waals surface area contributed by atoms with Crippen LogP contribution in [0.3, 0.4) is 0 Å². The standard InChI is InChI=1S/C16H11BrClNO/c1-20-16-6-5-11(8-15(16)18)7-13(10-19)12-3-2-4-14(17)9-12/h2-9H,1H3/b13-7+. The van der Waals surface area contributed by atoms with E-state index >= 15 is 0 Å². The number of nitrogens with zero attached hydrogens (tertiary/aromatic N) is 1. The summed E-state index contributed by atoms with van der Waals surface area (Å²) in [7, 11) is 1.57. The summed E-state index contributed by atoms with van der Waals surface area (Å²) in [5, 5.41) is 9.83. The molecule has 0 aromatic heterocycles. The molecule has 0 aliphatic carbocycles. The molecule has 0 bridgehead atoms. The molecule has 20 heavy (non-hydrogen) atoms. The van der Waals surface area contributed by atoms with Gasteiger partial charge in [0, 0.05) is 4.47 Å². The van der Waals surface area contributed by atoms with E-state index in [1.165, 1.54) is 0 Å². The summed E-state index contributed by atoms with van der Waals surface area (Å²) in [6.45, 7) is 0. The van der Waals surface area contributed by atoms with Gasteiger partial charge in [-0.3, -0.25) is 0 Å². The Bertz CT molecular complexity index is 704. The zero-order chi connectivity index (χ0) is 14.5. The van der Waals surface area contributed by atoms with Gasteiger partial charge in [0.05, 0.1) is 23.8 Å². The second kappa shape index (κ2) is 6.60. The van der Waals surface area contributed by atoms with E-state index in [4.69, 9.17) is 16.3 Å². The highest BCUT2D eigenvalue weighted by atomic mass is 79.9. The molecular weight excluding hydrogens is 338 g/mol. The van der Waals surface area contributed by atoms with Crippen molar-refractivity contribution in [2.45, 2.75) is 0 Å². The topological polar surface area (TPSA) is 33.0 Å². The summed E-state index contributed by atoms with van der Waals surface area (Å²) >= 11 is 9.48. The van der Waals surface area contributed by atoms with Gasteiger partial charge >= 0.3 is 0 Å². The lowest BCUT2D eigenvalue weighted by molar-refractivity contribution is 0.415. The molecule has 0 saturated heterocycles. The van der Waals surface area contributed by atoms with Crippen LogP contribution in [0.1, 0.15) is 11.1 Å². The SMILES string of the molecule is COc1ccc(/C=C(\C#N)c2cccc(Br)c2)cc1Cl. The Morgan fingerprint density at radius 3 is 2.70 bits per heavy atom. The maximum absolute atomic E-state index is 9.31. The first-order valence-electron chi connectivity index (χ1n) is 5.85. The van der Waals surface area contributed by atoms with E-state index in [2.05, 4.69) is 22.0 Å². The van der Waals surface area contributed by atoms with E-state index in [9.17, 15) is 5.26 Å². The van der Waals surface area contributed by atoms with Crippen LogP contribution in [0.4, 0.5) is 0 Å². The van der Waals surface area contributed by atoms with Crippen LogP contribution in [0.2, 0.25) is 5.02 Å². The normalized spacial score (nSPS) is 11.0. The second-order valence-corrected chi connectivity index (χ2v) is 5.40. The molecule has 2 aromatic rings. The second-order valence-electron chi connectivity index (χ2n) is 4.07. The Morgan fingerprint density at radius 1 is 1.30 bits per heavy atom. The number of ether oxygens (including phenoxy) is 1. The van der Waals surface area contributed by atoms with Crippen LogP contribution in [0.5, 0.6) is 5.75 Å². The van der Waals surface area contributed by atoms with E-state index in [0.29, 0.717) is 16.3 Å². The summed E-state index contributed by atoms with van der Waals surface area (Å²) in [4.78, 5) is 0. The fourth-order valence-corrected chi connectivity index (χ4v) is 2.44. The van der Waals surface area contributed by atoms with Crippen molar-refractivity contribution in [3.05, 3.63) is 63.1 Å². The summed E-state index contributed by atoms with van der Waals surface area (Å²) in [5.74, 6) is 0.616. The van der Waals surface area contributed by atoms with Crippen molar-refractivity contribution >= 4 is 39.2 Å². The molecule has 0 heterocycles. The van der Waals surface area contributed by atoms with Gasteiger partial charge < -0.3 is 4.74 Å². The minimum Gasteiger partial charge on any atom is -0.495 e. The fourth-order valence-electron chi connectivity index (χ4n) is 1.78. The summed E-state index contributed by atoms with van der Waals surface area (Å²) < 4.78 is 6.04. The van der Waals surface area contributed by atoms with Crippen molar-refractivity contribution in [3.63, 3.8) is 0 Å². The smallest absolute Gasteiger partial charge is 0.137 e. The average Bonchev–Trinajstić information content (AvgIpc) is 2.45. The van der Waals surface area contributed by atoms with E-state index in [-0.39, 0.29) is 0 Å². The zero-order valence-corrected chi connectivity index (χ0v) is 13.1. The summed E-state index contributed by atoms with van der Waals surface area (Å²) in [6.07, 6.45) is 1.80. The number of allylic oxidation sites excluding steroid dienone is 1. The minimum atomic E-state index is 0.521. The first kappa shape index (κ1) is 14.6. The molecule has 100 valence electrons. The van der Waals surface area contributed by atoms with Crippen LogP contribution in [0.15, 0.2) is 46.9 Å². The lowest BCUT2D eigenvalue weighted by Gasteiger charge is -2.04. The Hall–Kier alpha value is -1.76. The lowest BCUT2D eigenvalue weighted by atomic mass is 10.0. The molecule has 0 radical (unpaired) electrons. The van der Waals surface area contributed by atoms with Gasteiger partial charge in [-0.05, 0) is 41.5 Å². The van der Waals surface area contributed by atoms with Crippen LogP contribution >= 0.6 is 27.5 Å². The number of hydrogen-bond acceptors (Lipinski definition) is 2. The Labute approximate surface area is 131 Å². The predicted molar refractivity (Wildman–Crippen MR) is 85.6 cm³/mol. The minimum absolute atomic E-state index is 0.521. The Kier molecular flexibility index (Phi) is 4.84. The molecule has 0 spiro atoms. The van der Waals surface area contributed by atoms with Crippen LogP contribution in [0, 0.1) is 11.3 Å². The highest BCUT2D eigenvalue weighted by Gasteiger charge is 2.04. The van der Waals surface area contributed by atoms with Crippen LogP contribution in [-0.4, -0.2) is 7.11 Å². The molecular formula is C16H11BrClNO. The summed E-state index contributed by atoms with van der Waals surface area (Å²) in [5.41, 5.74) is 2.29. The van der Waals surface area contributed by atoms with Crippen LogP contribution < -0.4 is 4.74 Å². The molecule has 0 fully saturated rings. The van der Waals surface area contributed by atoms with E-state index in [1.54, 1.807) is 25.3 Å². The van der Waals surface area contributed by atoms with Crippen molar-refractivity contribution in [2.24, 2.45) is 0 Å². The van der Waals surface area contributed by atoms with Gasteiger partial charge in [0.25, 0.3) is 0 Å². The molecule has 0 aliphatic heterocycles. The predicted octanol–water partition coefficient (Wildman–Crippen LogP) is 5.18. The number of halogens is 2. The number of rotatable bonds is 3. The molecule has 0 N–H and O–H groups in total. The number of methoxy groups -OCH3 is 1. The third-order valence-electron chi connectivity index (χ3n) is 2.74. The molecule has 0 atom stereocenters. The van der Waals surface area contributed by atoms with Gasteiger partial charge in [-0.1, -0.05) is 45.7 Å².